The molecule has 2 aromatic rings. The summed E-state index contributed by atoms with van der Waals surface area (Å²) in [6, 6.07) is 0. The van der Waals surface area contributed by atoms with Crippen LogP contribution in [0, 0.1) is 6.92 Å². The van der Waals surface area contributed by atoms with Crippen LogP contribution in [-0.4, -0.2) is 19.6 Å². The molecule has 2 N–H and O–H groups in total. The van der Waals surface area contributed by atoms with E-state index in [0.717, 1.165) is 18.8 Å². The first-order valence-corrected chi connectivity index (χ1v) is 5.00. The Kier molecular flexibility index (Phi) is 2.64. The third kappa shape index (κ3) is 2.30. The van der Waals surface area contributed by atoms with Gasteiger partial charge < -0.3 is 5.73 Å². The molecule has 0 saturated carbocycles. The number of nitrogens with two attached hydrogens (primary N) is 1. The lowest BCUT2D eigenvalue weighted by atomic mass is 10.5. The molecule has 0 bridgehead atoms. The average Bonchev–Trinajstić information content (AvgIpc) is 2.72. The maximum Gasteiger partial charge on any atom is 0.0814 e. The highest BCUT2D eigenvalue weighted by Crippen LogP contribution is 2.11. The second kappa shape index (κ2) is 3.94. The van der Waals surface area contributed by atoms with Gasteiger partial charge in [-0.15, -0.1) is 0 Å². The van der Waals surface area contributed by atoms with E-state index in [-0.39, 0.29) is 0 Å². The van der Waals surface area contributed by atoms with Gasteiger partial charge in [-0.3, -0.25) is 9.36 Å². The number of nitrogen functional groups attached to an aromatic ring is 1. The smallest absolute Gasteiger partial charge is 0.0814 e. The first-order valence-electron chi connectivity index (χ1n) is 4.62. The molecule has 0 radical (unpaired) electrons. The maximum atomic E-state index is 5.89. The normalized spacial score (nSPS) is 10.8. The second-order valence-electron chi connectivity index (χ2n) is 3.36. The lowest BCUT2D eigenvalue weighted by Crippen LogP contribution is -2.08. The molecule has 0 unspecified atom stereocenters. The van der Waals surface area contributed by atoms with E-state index in [9.17, 15) is 0 Å². The molecule has 0 fully saturated rings. The van der Waals surface area contributed by atoms with Crippen LogP contribution in [0.25, 0.3) is 0 Å². The van der Waals surface area contributed by atoms with Crippen LogP contribution in [0.5, 0.6) is 0 Å². The Morgan fingerprint density at radius 3 is 2.60 bits per heavy atom. The van der Waals surface area contributed by atoms with E-state index in [1.165, 1.54) is 0 Å². The summed E-state index contributed by atoms with van der Waals surface area (Å²) in [7, 11) is 0. The van der Waals surface area contributed by atoms with E-state index in [4.69, 9.17) is 17.3 Å². The van der Waals surface area contributed by atoms with Gasteiger partial charge in [-0.05, 0) is 6.92 Å². The molecule has 0 amide bonds. The van der Waals surface area contributed by atoms with Gasteiger partial charge in [0, 0.05) is 12.4 Å². The summed E-state index contributed by atoms with van der Waals surface area (Å²) in [5, 5.41) is 9.01. The predicted molar refractivity (Wildman–Crippen MR) is 58.6 cm³/mol. The fourth-order valence-corrected chi connectivity index (χ4v) is 1.47. The summed E-state index contributed by atoms with van der Waals surface area (Å²) >= 11 is 5.89. The molecule has 15 heavy (non-hydrogen) atoms. The highest BCUT2D eigenvalue weighted by Gasteiger charge is 2.01. The van der Waals surface area contributed by atoms with Crippen LogP contribution in [0.4, 0.5) is 5.69 Å². The van der Waals surface area contributed by atoms with Crippen molar-refractivity contribution in [2.75, 3.05) is 5.73 Å². The van der Waals surface area contributed by atoms with Gasteiger partial charge in [0.2, 0.25) is 0 Å². The van der Waals surface area contributed by atoms with Gasteiger partial charge >= 0.3 is 0 Å². The summed E-state index contributed by atoms with van der Waals surface area (Å²) in [6.07, 6.45) is 5.23. The van der Waals surface area contributed by atoms with Crippen LogP contribution in [0.1, 0.15) is 5.69 Å². The highest BCUT2D eigenvalue weighted by molar-refractivity contribution is 6.31. The molecule has 0 aliphatic carbocycles. The highest BCUT2D eigenvalue weighted by atomic mass is 35.5. The van der Waals surface area contributed by atoms with Crippen molar-refractivity contribution in [2.24, 2.45) is 0 Å². The molecule has 6 heteroatoms. The zero-order valence-corrected chi connectivity index (χ0v) is 9.15. The number of hydrogen-bond donors (Lipinski definition) is 1. The number of halogens is 1. The van der Waals surface area contributed by atoms with Crippen molar-refractivity contribution in [3.8, 4) is 0 Å². The minimum Gasteiger partial charge on any atom is -0.396 e. The quantitative estimate of drug-likeness (QED) is 0.857. The minimum absolute atomic E-state index is 0.671. The Hall–Kier alpha value is -1.49. The molecule has 5 nitrogen and oxygen atoms in total. The molecule has 80 valence electrons. The van der Waals surface area contributed by atoms with E-state index >= 15 is 0 Å². The van der Waals surface area contributed by atoms with Gasteiger partial charge in [-0.25, -0.2) is 0 Å². The Morgan fingerprint density at radius 1 is 1.33 bits per heavy atom. The van der Waals surface area contributed by atoms with Crippen LogP contribution < -0.4 is 5.73 Å². The average molecular weight is 226 g/mol. The molecule has 0 aromatic carbocycles. The number of aromatic nitrogens is 4. The van der Waals surface area contributed by atoms with Crippen LogP contribution in [0.15, 0.2) is 18.6 Å². The Labute approximate surface area is 92.4 Å². The first-order chi connectivity index (χ1) is 7.15. The number of anilines is 1. The van der Waals surface area contributed by atoms with E-state index in [0.29, 0.717) is 10.7 Å². The predicted octanol–water partition coefficient (Wildman–Crippen LogP) is 1.32. The molecule has 2 rings (SSSR count). The maximum absolute atomic E-state index is 5.89. The second-order valence-corrected chi connectivity index (χ2v) is 3.77. The zero-order chi connectivity index (χ0) is 10.8. The molecule has 0 aliphatic heterocycles. The van der Waals surface area contributed by atoms with Crippen LogP contribution >= 0.6 is 11.6 Å². The minimum atomic E-state index is 0.671. The summed E-state index contributed by atoms with van der Waals surface area (Å²) in [4.78, 5) is 0. The molecule has 0 saturated heterocycles. The van der Waals surface area contributed by atoms with Crippen LogP contribution in [-0.2, 0) is 13.1 Å². The standard InChI is InChI=1S/C9H12ClN5/c1-7-9(10)6-15(13-7)3-2-14-5-8(11)4-12-14/h4-6H,2-3,11H2,1H3. The van der Waals surface area contributed by atoms with Gasteiger partial charge in [0.05, 0.1) is 35.7 Å². The van der Waals surface area contributed by atoms with Crippen molar-refractivity contribution >= 4 is 17.3 Å². The van der Waals surface area contributed by atoms with Crippen LogP contribution in [0.2, 0.25) is 5.02 Å². The van der Waals surface area contributed by atoms with Crippen molar-refractivity contribution in [1.29, 1.82) is 0 Å². The van der Waals surface area contributed by atoms with E-state index in [2.05, 4.69) is 10.2 Å². The number of hydrogen-bond acceptors (Lipinski definition) is 3. The van der Waals surface area contributed by atoms with E-state index < -0.39 is 0 Å². The Bertz CT molecular complexity index is 439. The van der Waals surface area contributed by atoms with Crippen molar-refractivity contribution in [3.63, 3.8) is 0 Å². The zero-order valence-electron chi connectivity index (χ0n) is 8.39. The van der Waals surface area contributed by atoms with Crippen molar-refractivity contribution in [1.82, 2.24) is 19.6 Å². The lowest BCUT2D eigenvalue weighted by molar-refractivity contribution is 0.498. The fourth-order valence-electron chi connectivity index (χ4n) is 1.31. The Balaban J connectivity index is 1.99. The molecule has 0 aliphatic rings. The van der Waals surface area contributed by atoms with Crippen LogP contribution in [0.3, 0.4) is 0 Å². The Morgan fingerprint density at radius 2 is 2.07 bits per heavy atom. The van der Waals surface area contributed by atoms with E-state index in [1.807, 2.05) is 13.1 Å². The number of rotatable bonds is 3. The number of aryl methyl sites for hydroxylation is 3. The van der Waals surface area contributed by atoms with E-state index in [1.54, 1.807) is 21.8 Å². The SMILES string of the molecule is Cc1nn(CCn2cc(N)cn2)cc1Cl. The molecular weight excluding hydrogens is 214 g/mol. The van der Waals surface area contributed by atoms with Gasteiger partial charge in [-0.1, -0.05) is 11.6 Å². The van der Waals surface area contributed by atoms with Gasteiger partial charge in [-0.2, -0.15) is 10.2 Å². The topological polar surface area (TPSA) is 61.7 Å². The van der Waals surface area contributed by atoms with Gasteiger partial charge in [0.25, 0.3) is 0 Å². The summed E-state index contributed by atoms with van der Waals surface area (Å²) in [5.41, 5.74) is 7.06. The molecule has 0 spiro atoms. The van der Waals surface area contributed by atoms with Crippen molar-refractivity contribution < 1.29 is 0 Å². The third-order valence-corrected chi connectivity index (χ3v) is 2.47. The monoisotopic (exact) mass is 225 g/mol. The largest absolute Gasteiger partial charge is 0.396 e. The molecular formula is C9H12ClN5. The molecule has 2 aromatic heterocycles. The van der Waals surface area contributed by atoms with Gasteiger partial charge in [0.1, 0.15) is 0 Å². The summed E-state index contributed by atoms with van der Waals surface area (Å²) in [6.45, 7) is 3.34. The summed E-state index contributed by atoms with van der Waals surface area (Å²) < 4.78 is 3.58. The van der Waals surface area contributed by atoms with Gasteiger partial charge in [0.15, 0.2) is 0 Å². The summed E-state index contributed by atoms with van der Waals surface area (Å²) in [5.74, 6) is 0. The lowest BCUT2D eigenvalue weighted by Gasteiger charge is -2.01. The molecule has 0 atom stereocenters. The van der Waals surface area contributed by atoms with Crippen molar-refractivity contribution in [2.45, 2.75) is 20.0 Å². The first kappa shape index (κ1) is 10.0. The van der Waals surface area contributed by atoms with Crippen molar-refractivity contribution in [3.05, 3.63) is 29.3 Å². The third-order valence-electron chi connectivity index (χ3n) is 2.10. The fraction of sp³-hybridized carbons (Fsp3) is 0.333. The number of nitrogens with zero attached hydrogens (tertiary/aromatic N) is 4. The molecule has 2 heterocycles.